The summed E-state index contributed by atoms with van der Waals surface area (Å²) in [6, 6.07) is 12.2. The van der Waals surface area contributed by atoms with Crippen LogP contribution in [0.3, 0.4) is 0 Å². The van der Waals surface area contributed by atoms with Crippen molar-refractivity contribution in [1.29, 1.82) is 0 Å². The highest BCUT2D eigenvalue weighted by atomic mass is 16.5. The second-order valence-corrected chi connectivity index (χ2v) is 5.13. The minimum Gasteiger partial charge on any atom is -0.386 e. The van der Waals surface area contributed by atoms with Crippen LogP contribution in [0.2, 0.25) is 0 Å². The van der Waals surface area contributed by atoms with Crippen LogP contribution in [0.1, 0.15) is 12.1 Å². The predicted molar refractivity (Wildman–Crippen MR) is 73.8 cm³/mol. The Bertz CT molecular complexity index is 565. The van der Waals surface area contributed by atoms with E-state index in [1.165, 1.54) is 0 Å². The van der Waals surface area contributed by atoms with E-state index in [0.717, 1.165) is 16.6 Å². The van der Waals surface area contributed by atoms with Gasteiger partial charge in [0.2, 0.25) is 0 Å². The number of nitrogens with zero attached hydrogens (tertiary/aromatic N) is 1. The Balaban J connectivity index is 1.62. The molecule has 3 rings (SSSR count). The fraction of sp³-hybridized carbons (Fsp3) is 0.400. The monoisotopic (exact) mass is 258 g/mol. The largest absolute Gasteiger partial charge is 0.386 e. The Morgan fingerprint density at radius 3 is 3.00 bits per heavy atom. The number of pyridine rings is 1. The van der Waals surface area contributed by atoms with Crippen LogP contribution in [-0.4, -0.2) is 35.5 Å². The van der Waals surface area contributed by atoms with E-state index in [-0.39, 0.29) is 0 Å². The first-order valence-corrected chi connectivity index (χ1v) is 6.61. The van der Waals surface area contributed by atoms with Gasteiger partial charge in [-0.3, -0.25) is 4.98 Å². The molecule has 0 aliphatic carbocycles. The van der Waals surface area contributed by atoms with E-state index in [2.05, 4.69) is 22.4 Å². The number of hydrogen-bond donors (Lipinski definition) is 2. The molecule has 0 spiro atoms. The van der Waals surface area contributed by atoms with Gasteiger partial charge in [-0.05, 0) is 12.1 Å². The van der Waals surface area contributed by atoms with Crippen molar-refractivity contribution >= 4 is 10.9 Å². The number of para-hydroxylation sites is 1. The summed E-state index contributed by atoms with van der Waals surface area (Å²) in [5.74, 6) is 0. The summed E-state index contributed by atoms with van der Waals surface area (Å²) in [5, 5.41) is 14.5. The number of aliphatic hydroxyl groups is 1. The van der Waals surface area contributed by atoms with E-state index in [1.807, 2.05) is 24.3 Å². The number of ether oxygens (including phenoxy) is 1. The van der Waals surface area contributed by atoms with Crippen LogP contribution in [0.4, 0.5) is 0 Å². The zero-order chi connectivity index (χ0) is 13.1. The summed E-state index contributed by atoms with van der Waals surface area (Å²) in [4.78, 5) is 4.59. The van der Waals surface area contributed by atoms with Crippen LogP contribution < -0.4 is 5.32 Å². The van der Waals surface area contributed by atoms with Crippen LogP contribution >= 0.6 is 0 Å². The van der Waals surface area contributed by atoms with Crippen LogP contribution in [0.5, 0.6) is 0 Å². The lowest BCUT2D eigenvalue weighted by molar-refractivity contribution is 0.0268. The summed E-state index contributed by atoms with van der Waals surface area (Å²) in [7, 11) is 0. The molecule has 100 valence electrons. The van der Waals surface area contributed by atoms with Crippen molar-refractivity contribution < 1.29 is 9.84 Å². The smallest absolute Gasteiger partial charge is 0.103 e. The Morgan fingerprint density at radius 2 is 2.16 bits per heavy atom. The number of hydrogen-bond acceptors (Lipinski definition) is 4. The molecular formula is C15H18N2O2. The van der Waals surface area contributed by atoms with E-state index in [9.17, 15) is 5.11 Å². The van der Waals surface area contributed by atoms with Gasteiger partial charge >= 0.3 is 0 Å². The lowest BCUT2D eigenvalue weighted by Gasteiger charge is -2.20. The molecule has 2 N–H and O–H groups in total. The van der Waals surface area contributed by atoms with E-state index in [4.69, 9.17) is 4.74 Å². The minimum absolute atomic E-state index is 0.422. The van der Waals surface area contributed by atoms with Gasteiger partial charge in [0.05, 0.1) is 17.8 Å². The maximum atomic E-state index is 10.1. The van der Waals surface area contributed by atoms with Crippen molar-refractivity contribution in [2.24, 2.45) is 0 Å². The van der Waals surface area contributed by atoms with Crippen molar-refractivity contribution in [1.82, 2.24) is 10.3 Å². The maximum absolute atomic E-state index is 10.1. The van der Waals surface area contributed by atoms with Crippen LogP contribution in [0.25, 0.3) is 10.9 Å². The van der Waals surface area contributed by atoms with Gasteiger partial charge in [-0.2, -0.15) is 0 Å². The summed E-state index contributed by atoms with van der Waals surface area (Å²) in [5.41, 5.74) is 1.28. The fourth-order valence-electron chi connectivity index (χ4n) is 2.37. The lowest BCUT2D eigenvalue weighted by Crippen LogP contribution is -2.40. The Kier molecular flexibility index (Phi) is 3.46. The zero-order valence-corrected chi connectivity index (χ0v) is 10.8. The molecule has 1 aliphatic rings. The lowest BCUT2D eigenvalue weighted by atomic mass is 10.0. The first kappa shape index (κ1) is 12.5. The van der Waals surface area contributed by atoms with Crippen LogP contribution in [-0.2, 0) is 11.3 Å². The quantitative estimate of drug-likeness (QED) is 0.872. The molecule has 0 saturated carbocycles. The highest BCUT2D eigenvalue weighted by Gasteiger charge is 2.31. The highest BCUT2D eigenvalue weighted by molar-refractivity contribution is 5.78. The molecule has 0 radical (unpaired) electrons. The number of aromatic nitrogens is 1. The Labute approximate surface area is 112 Å². The molecule has 1 unspecified atom stereocenters. The maximum Gasteiger partial charge on any atom is 0.103 e. The van der Waals surface area contributed by atoms with Gasteiger partial charge in [0.1, 0.15) is 5.60 Å². The summed E-state index contributed by atoms with van der Waals surface area (Å²) < 4.78 is 5.21. The summed E-state index contributed by atoms with van der Waals surface area (Å²) in [6.07, 6.45) is 0.700. The van der Waals surface area contributed by atoms with Crippen molar-refractivity contribution in [3.8, 4) is 0 Å². The van der Waals surface area contributed by atoms with E-state index < -0.39 is 5.60 Å². The molecule has 19 heavy (non-hydrogen) atoms. The normalized spacial score (nSPS) is 23.0. The average molecular weight is 258 g/mol. The summed E-state index contributed by atoms with van der Waals surface area (Å²) >= 11 is 0. The number of fused-ring (bicyclic) bond motifs is 1. The summed E-state index contributed by atoms with van der Waals surface area (Å²) in [6.45, 7) is 2.27. The Hall–Kier alpha value is -1.49. The van der Waals surface area contributed by atoms with Gasteiger partial charge in [-0.25, -0.2) is 0 Å². The van der Waals surface area contributed by atoms with Crippen LogP contribution in [0.15, 0.2) is 36.4 Å². The molecule has 0 amide bonds. The first-order valence-electron chi connectivity index (χ1n) is 6.61. The third-order valence-electron chi connectivity index (χ3n) is 3.50. The van der Waals surface area contributed by atoms with Gasteiger partial charge < -0.3 is 15.2 Å². The van der Waals surface area contributed by atoms with Crippen molar-refractivity contribution in [3.05, 3.63) is 42.1 Å². The SMILES string of the molecule is OC1(CNCc2ccc3ccccc3n2)CCOC1. The minimum atomic E-state index is -0.711. The van der Waals surface area contributed by atoms with Crippen LogP contribution in [0, 0.1) is 0 Å². The van der Waals surface area contributed by atoms with Gasteiger partial charge in [0, 0.05) is 31.5 Å². The standard InChI is InChI=1S/C15H18N2O2/c18-15(7-8-19-11-15)10-16-9-13-6-5-12-3-1-2-4-14(12)17-13/h1-6,16,18H,7-11H2. The number of nitrogens with one attached hydrogen (secondary N) is 1. The molecule has 0 bridgehead atoms. The molecule has 1 aliphatic heterocycles. The first-order chi connectivity index (χ1) is 9.25. The third-order valence-corrected chi connectivity index (χ3v) is 3.50. The molecule has 1 atom stereocenters. The number of rotatable bonds is 4. The van der Waals surface area contributed by atoms with Crippen molar-refractivity contribution in [2.75, 3.05) is 19.8 Å². The molecule has 4 heteroatoms. The van der Waals surface area contributed by atoms with Gasteiger partial charge in [0.15, 0.2) is 0 Å². The number of benzene rings is 1. The topological polar surface area (TPSA) is 54.4 Å². The molecule has 1 fully saturated rings. The molecule has 2 heterocycles. The zero-order valence-electron chi connectivity index (χ0n) is 10.8. The van der Waals surface area contributed by atoms with Crippen molar-refractivity contribution in [2.45, 2.75) is 18.6 Å². The van der Waals surface area contributed by atoms with E-state index in [1.54, 1.807) is 0 Å². The predicted octanol–water partition coefficient (Wildman–Crippen LogP) is 1.48. The molecule has 1 aromatic carbocycles. The van der Waals surface area contributed by atoms with Gasteiger partial charge in [0.25, 0.3) is 0 Å². The molecule has 1 aromatic heterocycles. The van der Waals surface area contributed by atoms with Gasteiger partial charge in [-0.1, -0.05) is 24.3 Å². The second kappa shape index (κ2) is 5.25. The van der Waals surface area contributed by atoms with Gasteiger partial charge in [-0.15, -0.1) is 0 Å². The highest BCUT2D eigenvalue weighted by Crippen LogP contribution is 2.17. The molecular weight excluding hydrogens is 240 g/mol. The van der Waals surface area contributed by atoms with Crippen molar-refractivity contribution in [3.63, 3.8) is 0 Å². The molecule has 4 nitrogen and oxygen atoms in total. The molecule has 1 saturated heterocycles. The van der Waals surface area contributed by atoms with E-state index in [0.29, 0.717) is 32.7 Å². The van der Waals surface area contributed by atoms with E-state index >= 15 is 0 Å². The average Bonchev–Trinajstić information content (AvgIpc) is 2.86. The second-order valence-electron chi connectivity index (χ2n) is 5.13. The molecule has 2 aromatic rings. The third kappa shape index (κ3) is 2.92. The fourth-order valence-corrected chi connectivity index (χ4v) is 2.37. The Morgan fingerprint density at radius 1 is 1.26 bits per heavy atom.